The van der Waals surface area contributed by atoms with Gasteiger partial charge in [0.1, 0.15) is 5.75 Å². The van der Waals surface area contributed by atoms with Gasteiger partial charge >= 0.3 is 0 Å². The molecule has 2 aromatic carbocycles. The highest BCUT2D eigenvalue weighted by atomic mass is 32.2. The number of ether oxygens (including phenoxy) is 1. The third-order valence-electron chi connectivity index (χ3n) is 5.41. The van der Waals surface area contributed by atoms with E-state index in [2.05, 4.69) is 6.92 Å². The smallest absolute Gasteiger partial charge is 0.266 e. The van der Waals surface area contributed by atoms with Gasteiger partial charge in [-0.2, -0.15) is 0 Å². The van der Waals surface area contributed by atoms with Crippen molar-refractivity contribution in [2.75, 3.05) is 26.0 Å². The first-order valence-electron chi connectivity index (χ1n) is 10.1. The second-order valence-electron chi connectivity index (χ2n) is 7.63. The molecular weight excluding hydrogens is 398 g/mol. The van der Waals surface area contributed by atoms with Crippen LogP contribution in [0.3, 0.4) is 0 Å². The number of piperidine rings is 1. The minimum absolute atomic E-state index is 0.0928. The van der Waals surface area contributed by atoms with Crippen LogP contribution in [-0.2, 0) is 4.79 Å². The number of hydrogen-bond donors (Lipinski definition) is 0. The van der Waals surface area contributed by atoms with Gasteiger partial charge in [-0.1, -0.05) is 30.8 Å². The summed E-state index contributed by atoms with van der Waals surface area (Å²) in [5.41, 5.74) is 1.18. The van der Waals surface area contributed by atoms with E-state index in [1.165, 1.54) is 18.2 Å². The largest absolute Gasteiger partial charge is 0.497 e. The molecule has 0 saturated carbocycles. The Kier molecular flexibility index (Phi) is 6.08. The Balaban J connectivity index is 1.68. The van der Waals surface area contributed by atoms with Crippen molar-refractivity contribution in [3.63, 3.8) is 0 Å². The molecule has 1 aliphatic heterocycles. The number of carbonyl (C=O) groups excluding carboxylic acids is 1. The normalized spacial score (nSPS) is 16.6. The fraction of sp³-hybridized carbons (Fsp3) is 0.348. The lowest BCUT2D eigenvalue weighted by Gasteiger charge is -2.30. The molecule has 7 heteroatoms. The SMILES string of the molecule is COc1ccc(-n2c(SCC(=O)N3CCC[C@@H](C)C3)nc3ccccc3c2=O)cc1. The van der Waals surface area contributed by atoms with E-state index < -0.39 is 0 Å². The molecule has 2 heterocycles. The maximum atomic E-state index is 13.3. The van der Waals surface area contributed by atoms with E-state index in [-0.39, 0.29) is 17.2 Å². The lowest BCUT2D eigenvalue weighted by molar-refractivity contribution is -0.130. The predicted octanol–water partition coefficient (Wildman–Crippen LogP) is 3.74. The number of carbonyl (C=O) groups is 1. The zero-order valence-electron chi connectivity index (χ0n) is 17.2. The highest BCUT2D eigenvalue weighted by Crippen LogP contribution is 2.24. The van der Waals surface area contributed by atoms with Crippen LogP contribution in [0.2, 0.25) is 0 Å². The summed E-state index contributed by atoms with van der Waals surface area (Å²) in [5.74, 6) is 1.59. The molecule has 0 aliphatic carbocycles. The number of likely N-dealkylation sites (tertiary alicyclic amines) is 1. The number of para-hydroxylation sites is 1. The number of amides is 1. The summed E-state index contributed by atoms with van der Waals surface area (Å²) in [4.78, 5) is 32.7. The lowest BCUT2D eigenvalue weighted by Crippen LogP contribution is -2.40. The van der Waals surface area contributed by atoms with Gasteiger partial charge in [0.2, 0.25) is 5.91 Å². The molecule has 1 aliphatic rings. The summed E-state index contributed by atoms with van der Waals surface area (Å²) < 4.78 is 6.81. The summed E-state index contributed by atoms with van der Waals surface area (Å²) in [6.07, 6.45) is 2.21. The average molecular weight is 424 g/mol. The van der Waals surface area contributed by atoms with Crippen molar-refractivity contribution in [2.24, 2.45) is 5.92 Å². The summed E-state index contributed by atoms with van der Waals surface area (Å²) in [5, 5.41) is 1.07. The average Bonchev–Trinajstić information content (AvgIpc) is 2.78. The standard InChI is InChI=1S/C23H25N3O3S/c1-16-6-5-13-25(14-16)21(27)15-30-23-24-20-8-4-3-7-19(20)22(28)26(23)17-9-11-18(29-2)12-10-17/h3-4,7-12,16H,5-6,13-15H2,1-2H3/t16-/m1/s1. The van der Waals surface area contributed by atoms with E-state index >= 15 is 0 Å². The van der Waals surface area contributed by atoms with Crippen molar-refractivity contribution in [1.29, 1.82) is 0 Å². The Morgan fingerprint density at radius 2 is 1.97 bits per heavy atom. The first-order chi connectivity index (χ1) is 14.6. The second-order valence-corrected chi connectivity index (χ2v) is 8.57. The number of benzene rings is 2. The molecule has 156 valence electrons. The van der Waals surface area contributed by atoms with Gasteiger partial charge in [0.05, 0.1) is 29.5 Å². The number of rotatable bonds is 5. The summed E-state index contributed by atoms with van der Waals surface area (Å²) >= 11 is 1.31. The zero-order valence-corrected chi connectivity index (χ0v) is 18.0. The molecule has 1 aromatic heterocycles. The number of nitrogens with zero attached hydrogens (tertiary/aromatic N) is 3. The third kappa shape index (κ3) is 4.21. The minimum atomic E-state index is -0.146. The quantitative estimate of drug-likeness (QED) is 0.462. The molecule has 1 saturated heterocycles. The van der Waals surface area contributed by atoms with E-state index in [9.17, 15) is 9.59 Å². The van der Waals surface area contributed by atoms with Crippen LogP contribution in [-0.4, -0.2) is 46.3 Å². The van der Waals surface area contributed by atoms with Gasteiger partial charge in [-0.15, -0.1) is 0 Å². The van der Waals surface area contributed by atoms with Gasteiger partial charge in [-0.3, -0.25) is 14.2 Å². The van der Waals surface area contributed by atoms with Crippen molar-refractivity contribution in [1.82, 2.24) is 14.5 Å². The lowest BCUT2D eigenvalue weighted by atomic mass is 10.0. The summed E-state index contributed by atoms with van der Waals surface area (Å²) in [6.45, 7) is 3.79. The molecule has 6 nitrogen and oxygen atoms in total. The van der Waals surface area contributed by atoms with Crippen LogP contribution >= 0.6 is 11.8 Å². The van der Waals surface area contributed by atoms with Crippen LogP contribution in [0.25, 0.3) is 16.6 Å². The highest BCUT2D eigenvalue weighted by Gasteiger charge is 2.22. The Morgan fingerprint density at radius 3 is 2.70 bits per heavy atom. The molecule has 0 N–H and O–H groups in total. The molecule has 1 amide bonds. The monoisotopic (exact) mass is 423 g/mol. The van der Waals surface area contributed by atoms with Crippen LogP contribution in [0, 0.1) is 5.92 Å². The number of aromatic nitrogens is 2. The molecule has 3 aromatic rings. The van der Waals surface area contributed by atoms with Crippen LogP contribution in [0.4, 0.5) is 0 Å². The summed E-state index contributed by atoms with van der Waals surface area (Å²) in [6, 6.07) is 14.6. The summed E-state index contributed by atoms with van der Waals surface area (Å²) in [7, 11) is 1.60. The van der Waals surface area contributed by atoms with E-state index in [0.29, 0.717) is 33.4 Å². The van der Waals surface area contributed by atoms with E-state index in [4.69, 9.17) is 9.72 Å². The van der Waals surface area contributed by atoms with Crippen LogP contribution < -0.4 is 10.3 Å². The Morgan fingerprint density at radius 1 is 1.20 bits per heavy atom. The van der Waals surface area contributed by atoms with Gasteiger partial charge in [0.25, 0.3) is 5.56 Å². The molecule has 1 atom stereocenters. The Hall–Kier alpha value is -2.80. The first-order valence-corrected chi connectivity index (χ1v) is 11.1. The van der Waals surface area contributed by atoms with Crippen molar-refractivity contribution in [3.05, 3.63) is 58.9 Å². The van der Waals surface area contributed by atoms with Crippen molar-refractivity contribution in [3.8, 4) is 11.4 Å². The van der Waals surface area contributed by atoms with E-state index in [1.807, 2.05) is 47.4 Å². The molecule has 0 bridgehead atoms. The van der Waals surface area contributed by atoms with Crippen molar-refractivity contribution < 1.29 is 9.53 Å². The number of methoxy groups -OCH3 is 1. The maximum Gasteiger partial charge on any atom is 0.266 e. The van der Waals surface area contributed by atoms with Gasteiger partial charge in [0, 0.05) is 13.1 Å². The molecule has 0 unspecified atom stereocenters. The van der Waals surface area contributed by atoms with E-state index in [1.54, 1.807) is 17.7 Å². The van der Waals surface area contributed by atoms with Crippen molar-refractivity contribution >= 4 is 28.6 Å². The van der Waals surface area contributed by atoms with Crippen LogP contribution in [0.15, 0.2) is 58.5 Å². The fourth-order valence-corrected chi connectivity index (χ4v) is 4.72. The first kappa shape index (κ1) is 20.5. The number of fused-ring (bicyclic) bond motifs is 1. The van der Waals surface area contributed by atoms with Crippen LogP contribution in [0.5, 0.6) is 5.75 Å². The van der Waals surface area contributed by atoms with Crippen LogP contribution in [0.1, 0.15) is 19.8 Å². The predicted molar refractivity (Wildman–Crippen MR) is 120 cm³/mol. The minimum Gasteiger partial charge on any atom is -0.497 e. The van der Waals surface area contributed by atoms with E-state index in [0.717, 1.165) is 19.5 Å². The molecule has 0 spiro atoms. The molecule has 30 heavy (non-hydrogen) atoms. The zero-order chi connectivity index (χ0) is 21.1. The number of thioether (sulfide) groups is 1. The molecule has 0 radical (unpaired) electrons. The van der Waals surface area contributed by atoms with Crippen molar-refractivity contribution in [2.45, 2.75) is 24.9 Å². The fourth-order valence-electron chi connectivity index (χ4n) is 3.80. The maximum absolute atomic E-state index is 13.3. The molecular formula is C23H25N3O3S. The van der Waals surface area contributed by atoms with Gasteiger partial charge < -0.3 is 9.64 Å². The topological polar surface area (TPSA) is 64.4 Å². The molecule has 4 rings (SSSR count). The number of hydrogen-bond acceptors (Lipinski definition) is 5. The van der Waals surface area contributed by atoms with Gasteiger partial charge in [-0.05, 0) is 55.2 Å². The van der Waals surface area contributed by atoms with Gasteiger partial charge in [-0.25, -0.2) is 4.98 Å². The highest BCUT2D eigenvalue weighted by molar-refractivity contribution is 7.99. The van der Waals surface area contributed by atoms with Gasteiger partial charge in [0.15, 0.2) is 5.16 Å². The third-order valence-corrected chi connectivity index (χ3v) is 6.33. The second kappa shape index (κ2) is 8.92. The molecule has 1 fully saturated rings. The Bertz CT molecular complexity index is 1110. The Labute approximate surface area is 179 Å².